The number of hydrogen-bond donors (Lipinski definition) is 0. The molecule has 17 heavy (non-hydrogen) atoms. The smallest absolute Gasteiger partial charge is 0.117 e. The highest BCUT2D eigenvalue weighted by atomic mass is 16.4. The fourth-order valence-corrected chi connectivity index (χ4v) is 1.54. The first kappa shape index (κ1) is 15.6. The van der Waals surface area contributed by atoms with E-state index in [1.807, 2.05) is 5.92 Å². The third-order valence-electron chi connectivity index (χ3n) is 2.47. The van der Waals surface area contributed by atoms with Crippen LogP contribution in [0.15, 0.2) is 0 Å². The summed E-state index contributed by atoms with van der Waals surface area (Å²) in [4.78, 5) is 9.93. The Bertz CT molecular complexity index is 309. The molecule has 0 heterocycles. The predicted octanol–water partition coefficient (Wildman–Crippen LogP) is 2.27. The van der Waals surface area contributed by atoms with Gasteiger partial charge in [-0.1, -0.05) is 57.8 Å². The lowest BCUT2D eigenvalue weighted by molar-refractivity contribution is -0.295. The lowest BCUT2D eigenvalue weighted by Gasteiger charge is -1.98. The highest BCUT2D eigenvalue weighted by molar-refractivity contribution is 5.85. The normalized spacial score (nSPS) is 8.76. The van der Waals surface area contributed by atoms with Crippen LogP contribution >= 0.6 is 0 Å². The molecule has 0 spiro atoms. The largest absolute Gasteiger partial charge is 0.537 e. The van der Waals surface area contributed by atoms with Crippen molar-refractivity contribution in [3.8, 4) is 23.7 Å². The summed E-state index contributed by atoms with van der Waals surface area (Å²) in [5, 5.41) is 9.93. The maximum absolute atomic E-state index is 9.93. The van der Waals surface area contributed by atoms with Crippen molar-refractivity contribution in [2.75, 3.05) is 0 Å². The van der Waals surface area contributed by atoms with Crippen LogP contribution in [0.5, 0.6) is 0 Å². The second-order valence-electron chi connectivity index (χ2n) is 4.06. The summed E-state index contributed by atoms with van der Waals surface area (Å²) >= 11 is 0. The first-order chi connectivity index (χ1) is 8.27. The van der Waals surface area contributed by atoms with Gasteiger partial charge < -0.3 is 9.90 Å². The van der Waals surface area contributed by atoms with Crippen LogP contribution in [0, 0.1) is 23.7 Å². The Morgan fingerprint density at radius 2 is 1.53 bits per heavy atom. The van der Waals surface area contributed by atoms with Crippen LogP contribution in [0.25, 0.3) is 0 Å². The number of unbranched alkanes of at least 4 members (excludes halogenated alkanes) is 8. The number of carbonyl (C=O) groups excluding carboxylic acids is 1. The van der Waals surface area contributed by atoms with Gasteiger partial charge in [0, 0.05) is 6.42 Å². The van der Waals surface area contributed by atoms with Gasteiger partial charge in [0.05, 0.1) is 0 Å². The molecule has 0 aliphatic carbocycles. The van der Waals surface area contributed by atoms with Gasteiger partial charge in [0.15, 0.2) is 0 Å². The van der Waals surface area contributed by atoms with Gasteiger partial charge in [-0.15, -0.1) is 0 Å². The molecule has 0 saturated carbocycles. The summed E-state index contributed by atoms with van der Waals surface area (Å²) in [7, 11) is 0. The number of rotatable bonds is 8. The molecular weight excluding hydrogens is 212 g/mol. The van der Waals surface area contributed by atoms with Gasteiger partial charge in [-0.05, 0) is 24.2 Å². The van der Waals surface area contributed by atoms with Crippen LogP contribution in [0.1, 0.15) is 64.7 Å². The Morgan fingerprint density at radius 3 is 2.12 bits per heavy atom. The van der Waals surface area contributed by atoms with Crippen molar-refractivity contribution in [3.05, 3.63) is 0 Å². The van der Waals surface area contributed by atoms with E-state index in [1.54, 1.807) is 0 Å². The molecule has 0 bridgehead atoms. The van der Waals surface area contributed by atoms with Crippen LogP contribution in [0.2, 0.25) is 0 Å². The SMILES string of the molecule is CCCCCCCCCCC#CC#CC(=O)[O-]. The lowest BCUT2D eigenvalue weighted by Crippen LogP contribution is -2.19. The van der Waals surface area contributed by atoms with Gasteiger partial charge in [-0.2, -0.15) is 0 Å². The second kappa shape index (κ2) is 12.7. The molecule has 94 valence electrons. The maximum atomic E-state index is 9.93. The standard InChI is InChI=1S/C15H22O2/c1-2-3-4-5-6-7-8-9-10-11-12-13-14-15(16)17/h2-10H2,1H3,(H,16,17)/p-1. The number of carbonyl (C=O) groups is 1. The van der Waals surface area contributed by atoms with Crippen molar-refractivity contribution >= 4 is 5.97 Å². The molecule has 0 saturated heterocycles. The number of hydrogen-bond acceptors (Lipinski definition) is 2. The zero-order valence-electron chi connectivity index (χ0n) is 10.7. The van der Waals surface area contributed by atoms with Gasteiger partial charge in [0.25, 0.3) is 0 Å². The first-order valence-corrected chi connectivity index (χ1v) is 6.47. The number of carboxylic acid groups (broad SMARTS) is 1. The highest BCUT2D eigenvalue weighted by Gasteiger charge is 1.89. The molecule has 0 radical (unpaired) electrons. The van der Waals surface area contributed by atoms with Crippen LogP contribution in [0.3, 0.4) is 0 Å². The van der Waals surface area contributed by atoms with E-state index in [4.69, 9.17) is 0 Å². The van der Waals surface area contributed by atoms with E-state index in [0.717, 1.165) is 12.8 Å². The molecule has 0 atom stereocenters. The quantitative estimate of drug-likeness (QED) is 0.476. The van der Waals surface area contributed by atoms with Crippen molar-refractivity contribution in [2.24, 2.45) is 0 Å². The van der Waals surface area contributed by atoms with Crippen molar-refractivity contribution in [3.63, 3.8) is 0 Å². The summed E-state index contributed by atoms with van der Waals surface area (Å²) in [5.74, 6) is 8.07. The van der Waals surface area contributed by atoms with Crippen molar-refractivity contribution in [1.29, 1.82) is 0 Å². The molecule has 0 N–H and O–H groups in total. The molecule has 0 aromatic carbocycles. The molecule has 2 heteroatoms. The minimum absolute atomic E-state index is 0.802. The van der Waals surface area contributed by atoms with E-state index < -0.39 is 5.97 Å². The summed E-state index contributed by atoms with van der Waals surface area (Å²) in [6.45, 7) is 2.22. The molecule has 0 aliphatic rings. The number of aliphatic carboxylic acids is 1. The minimum atomic E-state index is -1.37. The van der Waals surface area contributed by atoms with Crippen molar-refractivity contribution in [2.45, 2.75) is 64.7 Å². The minimum Gasteiger partial charge on any atom is -0.537 e. The average molecular weight is 233 g/mol. The van der Waals surface area contributed by atoms with E-state index in [1.165, 1.54) is 44.9 Å². The van der Waals surface area contributed by atoms with E-state index in [-0.39, 0.29) is 0 Å². The number of carboxylic acids is 1. The zero-order chi connectivity index (χ0) is 12.8. The fraction of sp³-hybridized carbons (Fsp3) is 0.667. The monoisotopic (exact) mass is 233 g/mol. The van der Waals surface area contributed by atoms with Gasteiger partial charge in [-0.25, -0.2) is 0 Å². The van der Waals surface area contributed by atoms with Gasteiger partial charge in [0.2, 0.25) is 0 Å². The fourth-order valence-electron chi connectivity index (χ4n) is 1.54. The van der Waals surface area contributed by atoms with Gasteiger partial charge in [0.1, 0.15) is 5.97 Å². The van der Waals surface area contributed by atoms with Gasteiger partial charge in [-0.3, -0.25) is 0 Å². The Balaban J connectivity index is 3.24. The van der Waals surface area contributed by atoms with Gasteiger partial charge >= 0.3 is 0 Å². The third kappa shape index (κ3) is 14.6. The molecule has 0 rings (SSSR count). The lowest BCUT2D eigenvalue weighted by atomic mass is 10.1. The molecule has 0 amide bonds. The van der Waals surface area contributed by atoms with Crippen LogP contribution < -0.4 is 5.11 Å². The first-order valence-electron chi connectivity index (χ1n) is 6.47. The molecule has 2 nitrogen and oxygen atoms in total. The zero-order valence-corrected chi connectivity index (χ0v) is 10.7. The van der Waals surface area contributed by atoms with E-state index in [0.29, 0.717) is 0 Å². The van der Waals surface area contributed by atoms with Crippen LogP contribution in [-0.2, 0) is 4.79 Å². The molecule has 0 aromatic heterocycles. The maximum Gasteiger partial charge on any atom is 0.117 e. The highest BCUT2D eigenvalue weighted by Crippen LogP contribution is 2.08. The Morgan fingerprint density at radius 1 is 0.941 bits per heavy atom. The molecular formula is C15H21O2-. The van der Waals surface area contributed by atoms with Crippen LogP contribution in [0.4, 0.5) is 0 Å². The molecule has 0 fully saturated rings. The summed E-state index contributed by atoms with van der Waals surface area (Å²) < 4.78 is 0. The van der Waals surface area contributed by atoms with E-state index >= 15 is 0 Å². The molecule has 0 aromatic rings. The second-order valence-corrected chi connectivity index (χ2v) is 4.06. The Labute approximate surface area is 105 Å². The van der Waals surface area contributed by atoms with Crippen molar-refractivity contribution < 1.29 is 9.90 Å². The Hall–Kier alpha value is -1.41. The predicted molar refractivity (Wildman–Crippen MR) is 67.8 cm³/mol. The molecule has 0 unspecified atom stereocenters. The molecule has 0 aliphatic heterocycles. The van der Waals surface area contributed by atoms with E-state index in [9.17, 15) is 9.90 Å². The van der Waals surface area contributed by atoms with Crippen molar-refractivity contribution in [1.82, 2.24) is 0 Å². The van der Waals surface area contributed by atoms with E-state index in [2.05, 4.69) is 24.7 Å². The van der Waals surface area contributed by atoms with Crippen LogP contribution in [-0.4, -0.2) is 5.97 Å². The summed E-state index contributed by atoms with van der Waals surface area (Å²) in [5.41, 5.74) is 0. The Kier molecular flexibility index (Phi) is 11.6. The summed E-state index contributed by atoms with van der Waals surface area (Å²) in [6, 6.07) is 0. The summed E-state index contributed by atoms with van der Waals surface area (Å²) in [6.07, 6.45) is 11.0. The topological polar surface area (TPSA) is 40.1 Å². The average Bonchev–Trinajstić information content (AvgIpc) is 2.30. The third-order valence-corrected chi connectivity index (χ3v) is 2.47.